The zero-order valence-corrected chi connectivity index (χ0v) is 19.3. The zero-order valence-electron chi connectivity index (χ0n) is 17.5. The van der Waals surface area contributed by atoms with E-state index in [4.69, 9.17) is 9.47 Å². The van der Waals surface area contributed by atoms with Crippen LogP contribution in [0.3, 0.4) is 0 Å². The van der Waals surface area contributed by atoms with E-state index in [1.54, 1.807) is 7.11 Å². The normalized spacial score (nSPS) is 27.4. The van der Waals surface area contributed by atoms with Crippen LogP contribution in [0, 0.1) is 5.92 Å². The zero-order chi connectivity index (χ0) is 21.4. The van der Waals surface area contributed by atoms with Crippen LogP contribution in [0.15, 0.2) is 84.9 Å². The Hall–Kier alpha value is -2.59. The molecule has 0 aromatic heterocycles. The standard InChI is InChI=1S/C26H25NO3Se/c1-17-22-23(27(26(22)28)19-13-15-20(29-2)16-14-19)25(31-21-11-7-4-8-12-21)24(30-17)18-9-5-3-6-10-18/h3-17,22-25H,1-2H3/t17-,22-,23-,24+,25-/m1/s1. The molecule has 0 spiro atoms. The van der Waals surface area contributed by atoms with Gasteiger partial charge >= 0.3 is 189 Å². The molecule has 1 amide bonds. The summed E-state index contributed by atoms with van der Waals surface area (Å²) in [6.07, 6.45) is -0.147. The fourth-order valence-electron chi connectivity index (χ4n) is 4.68. The van der Waals surface area contributed by atoms with E-state index < -0.39 is 0 Å². The second-order valence-corrected chi connectivity index (χ2v) is 10.6. The number of hydrogen-bond acceptors (Lipinski definition) is 3. The molecule has 5 atom stereocenters. The molecule has 5 rings (SSSR count). The third kappa shape index (κ3) is 3.67. The van der Waals surface area contributed by atoms with Crippen LogP contribution in [0.2, 0.25) is 4.82 Å². The van der Waals surface area contributed by atoms with Gasteiger partial charge in [-0.2, -0.15) is 0 Å². The van der Waals surface area contributed by atoms with Gasteiger partial charge in [0.15, 0.2) is 0 Å². The first-order valence-corrected chi connectivity index (χ1v) is 12.4. The number of amides is 1. The number of carbonyl (C=O) groups is 1. The first-order chi connectivity index (χ1) is 15.2. The molecule has 2 saturated heterocycles. The van der Waals surface area contributed by atoms with Gasteiger partial charge in [-0.3, -0.25) is 0 Å². The number of benzene rings is 3. The molecule has 0 radical (unpaired) electrons. The van der Waals surface area contributed by atoms with Crippen LogP contribution in [-0.2, 0) is 9.53 Å². The van der Waals surface area contributed by atoms with Gasteiger partial charge in [-0.1, -0.05) is 0 Å². The van der Waals surface area contributed by atoms with Crippen LogP contribution < -0.4 is 14.1 Å². The first kappa shape index (κ1) is 20.3. The van der Waals surface area contributed by atoms with Crippen molar-refractivity contribution < 1.29 is 14.3 Å². The first-order valence-electron chi connectivity index (χ1n) is 10.6. The summed E-state index contributed by atoms with van der Waals surface area (Å²) >= 11 is 0.149. The van der Waals surface area contributed by atoms with Gasteiger partial charge in [0.1, 0.15) is 0 Å². The summed E-state index contributed by atoms with van der Waals surface area (Å²) in [5.41, 5.74) is 2.12. The van der Waals surface area contributed by atoms with Crippen LogP contribution in [0.1, 0.15) is 18.6 Å². The van der Waals surface area contributed by atoms with Crippen LogP contribution >= 0.6 is 0 Å². The van der Waals surface area contributed by atoms with E-state index in [2.05, 4.69) is 48.5 Å². The average molecular weight is 478 g/mol. The Morgan fingerprint density at radius 3 is 2.19 bits per heavy atom. The van der Waals surface area contributed by atoms with Crippen molar-refractivity contribution in [3.05, 3.63) is 90.5 Å². The van der Waals surface area contributed by atoms with Gasteiger partial charge in [0.05, 0.1) is 0 Å². The summed E-state index contributed by atoms with van der Waals surface area (Å²) in [6.45, 7) is 2.04. The van der Waals surface area contributed by atoms with Gasteiger partial charge in [0.2, 0.25) is 0 Å². The monoisotopic (exact) mass is 479 g/mol. The minimum absolute atomic E-state index is 0.0356. The van der Waals surface area contributed by atoms with Gasteiger partial charge in [0.25, 0.3) is 0 Å². The quantitative estimate of drug-likeness (QED) is 0.411. The number of carbonyl (C=O) groups excluding carboxylic acids is 1. The fraction of sp³-hybridized carbons (Fsp3) is 0.269. The summed E-state index contributed by atoms with van der Waals surface area (Å²) in [7, 11) is 1.66. The number of fused-ring (bicyclic) bond motifs is 1. The summed E-state index contributed by atoms with van der Waals surface area (Å²) in [6, 6.07) is 29.0. The summed E-state index contributed by atoms with van der Waals surface area (Å²) in [5.74, 6) is 0.849. The van der Waals surface area contributed by atoms with Gasteiger partial charge in [0, 0.05) is 0 Å². The van der Waals surface area contributed by atoms with E-state index in [1.165, 1.54) is 10.0 Å². The Morgan fingerprint density at radius 2 is 1.55 bits per heavy atom. The SMILES string of the molecule is COc1ccc(N2C(=O)[C@H]3[C@@H]2[C@@H]([Se]c2ccccc2)[C@H](c2ccccc2)O[C@@H]3C)cc1. The number of ether oxygens (including phenoxy) is 2. The molecular weight excluding hydrogens is 453 g/mol. The number of anilines is 1. The predicted molar refractivity (Wildman–Crippen MR) is 123 cm³/mol. The van der Waals surface area contributed by atoms with Crippen molar-refractivity contribution in [1.82, 2.24) is 0 Å². The van der Waals surface area contributed by atoms with Gasteiger partial charge in [-0.25, -0.2) is 0 Å². The Morgan fingerprint density at radius 1 is 0.903 bits per heavy atom. The molecule has 4 nitrogen and oxygen atoms in total. The molecule has 2 heterocycles. The molecule has 0 bridgehead atoms. The maximum absolute atomic E-state index is 13.2. The van der Waals surface area contributed by atoms with Crippen molar-refractivity contribution in [2.45, 2.75) is 30.0 Å². The van der Waals surface area contributed by atoms with E-state index in [0.29, 0.717) is 0 Å². The molecule has 2 aliphatic heterocycles. The van der Waals surface area contributed by atoms with E-state index in [9.17, 15) is 4.79 Å². The van der Waals surface area contributed by atoms with Crippen molar-refractivity contribution in [2.75, 3.05) is 12.0 Å². The van der Waals surface area contributed by atoms with Gasteiger partial charge < -0.3 is 0 Å². The summed E-state index contributed by atoms with van der Waals surface area (Å²) in [5, 5.41) is 0. The molecule has 2 aliphatic rings. The molecule has 0 N–H and O–H groups in total. The molecule has 2 fully saturated rings. The van der Waals surface area contributed by atoms with Crippen LogP contribution in [-0.4, -0.2) is 40.1 Å². The molecule has 3 aromatic carbocycles. The molecule has 0 saturated carbocycles. The van der Waals surface area contributed by atoms with Crippen LogP contribution in [0.4, 0.5) is 5.69 Å². The number of nitrogens with zero attached hydrogens (tertiary/aromatic N) is 1. The molecule has 31 heavy (non-hydrogen) atoms. The fourth-order valence-corrected chi connectivity index (χ4v) is 7.62. The predicted octanol–water partition coefficient (Wildman–Crippen LogP) is 4.00. The van der Waals surface area contributed by atoms with E-state index >= 15 is 0 Å². The Bertz CT molecular complexity index is 1040. The molecule has 0 aliphatic carbocycles. The number of methoxy groups -OCH3 is 1. The Balaban J connectivity index is 1.54. The van der Waals surface area contributed by atoms with Crippen molar-refractivity contribution in [3.63, 3.8) is 0 Å². The molecule has 0 unspecified atom stereocenters. The van der Waals surface area contributed by atoms with Crippen LogP contribution in [0.25, 0.3) is 0 Å². The molecular formula is C26H25NO3Se. The number of rotatable bonds is 5. The van der Waals surface area contributed by atoms with Gasteiger partial charge in [-0.15, -0.1) is 0 Å². The molecule has 3 aromatic rings. The topological polar surface area (TPSA) is 38.8 Å². The number of β-lactam (4-membered cyclic amide) rings is 1. The Labute approximate surface area is 189 Å². The van der Waals surface area contributed by atoms with Gasteiger partial charge in [-0.05, 0) is 0 Å². The van der Waals surface area contributed by atoms with E-state index in [0.717, 1.165) is 11.4 Å². The van der Waals surface area contributed by atoms with Crippen molar-refractivity contribution >= 4 is 31.0 Å². The third-order valence-electron chi connectivity index (χ3n) is 6.18. The summed E-state index contributed by atoms with van der Waals surface area (Å²) in [4.78, 5) is 15.4. The Kier molecular flexibility index (Phi) is 5.58. The second kappa shape index (κ2) is 8.51. The second-order valence-electron chi connectivity index (χ2n) is 7.99. The van der Waals surface area contributed by atoms with Crippen LogP contribution in [0.5, 0.6) is 5.75 Å². The van der Waals surface area contributed by atoms with Crippen molar-refractivity contribution in [2.24, 2.45) is 5.92 Å². The number of hydrogen-bond donors (Lipinski definition) is 0. The van der Waals surface area contributed by atoms with Crippen molar-refractivity contribution in [1.29, 1.82) is 0 Å². The van der Waals surface area contributed by atoms with Crippen molar-refractivity contribution in [3.8, 4) is 5.75 Å². The van der Waals surface area contributed by atoms with E-state index in [-0.39, 0.29) is 49.8 Å². The molecule has 158 valence electrons. The maximum atomic E-state index is 13.2. The molecule has 5 heteroatoms. The third-order valence-corrected chi connectivity index (χ3v) is 9.00. The minimum atomic E-state index is -0.111. The van der Waals surface area contributed by atoms with E-state index in [1.807, 2.05) is 48.2 Å². The summed E-state index contributed by atoms with van der Waals surface area (Å²) < 4.78 is 13.2. The average Bonchev–Trinajstić information content (AvgIpc) is 2.81.